The van der Waals surface area contributed by atoms with Gasteiger partial charge in [-0.05, 0) is 19.7 Å². The Morgan fingerprint density at radius 2 is 1.93 bits per heavy atom. The van der Waals surface area contributed by atoms with E-state index in [9.17, 15) is 5.11 Å². The summed E-state index contributed by atoms with van der Waals surface area (Å²) in [5.41, 5.74) is 1.50. The molecule has 2 N–H and O–H groups in total. The van der Waals surface area contributed by atoms with Crippen LogP contribution in [0, 0.1) is 0 Å². The number of nitrogens with one attached hydrogen (secondary N) is 1. The van der Waals surface area contributed by atoms with Crippen LogP contribution in [0.15, 0.2) is 35.7 Å². The van der Waals surface area contributed by atoms with Crippen LogP contribution in [0.4, 0.5) is 5.82 Å². The Hall–Kier alpha value is -2.06. The molecule has 1 aliphatic rings. The monoisotopic (exact) mass is 398 g/mol. The fourth-order valence-electron chi connectivity index (χ4n) is 3.47. The quantitative estimate of drug-likeness (QED) is 0.663. The Morgan fingerprint density at radius 3 is 2.64 bits per heavy atom. The number of rotatable bonds is 6. The molecule has 0 aliphatic carbocycles. The van der Waals surface area contributed by atoms with Crippen LogP contribution in [0.2, 0.25) is 0 Å². The second-order valence-electron chi connectivity index (χ2n) is 7.61. The Labute approximate surface area is 169 Å². The van der Waals surface area contributed by atoms with Gasteiger partial charge in [-0.25, -0.2) is 9.97 Å². The van der Waals surface area contributed by atoms with Crippen molar-refractivity contribution < 1.29 is 9.84 Å². The molecule has 4 rings (SSSR count). The highest BCUT2D eigenvalue weighted by atomic mass is 32.1. The van der Waals surface area contributed by atoms with Gasteiger partial charge in [0.25, 0.3) is 0 Å². The highest BCUT2D eigenvalue weighted by Crippen LogP contribution is 2.37. The molecular formula is C21H26N4O2S. The molecule has 0 amide bonds. The van der Waals surface area contributed by atoms with Crippen LogP contribution in [-0.2, 0) is 11.3 Å². The van der Waals surface area contributed by atoms with E-state index in [-0.39, 0.29) is 0 Å². The molecule has 7 heteroatoms. The van der Waals surface area contributed by atoms with E-state index in [0.29, 0.717) is 39.1 Å². The summed E-state index contributed by atoms with van der Waals surface area (Å²) >= 11 is 1.63. The number of fused-ring (bicyclic) bond motifs is 1. The van der Waals surface area contributed by atoms with Crippen molar-refractivity contribution in [2.24, 2.45) is 0 Å². The first-order valence-electron chi connectivity index (χ1n) is 9.56. The number of ether oxygens (including phenoxy) is 1. The van der Waals surface area contributed by atoms with Crippen molar-refractivity contribution in [3.05, 3.63) is 41.5 Å². The number of aromatic nitrogens is 2. The first-order chi connectivity index (χ1) is 13.5. The zero-order valence-electron chi connectivity index (χ0n) is 16.3. The van der Waals surface area contributed by atoms with Crippen molar-refractivity contribution in [2.75, 3.05) is 39.2 Å². The molecule has 1 aliphatic heterocycles. The average Bonchev–Trinajstić information content (AvgIpc) is 3.11. The Balaban J connectivity index is 1.73. The van der Waals surface area contributed by atoms with Crippen LogP contribution in [0.3, 0.4) is 0 Å². The number of benzene rings is 1. The Bertz CT molecular complexity index is 936. The van der Waals surface area contributed by atoms with E-state index in [1.54, 1.807) is 11.3 Å². The maximum Gasteiger partial charge on any atom is 0.146 e. The summed E-state index contributed by atoms with van der Waals surface area (Å²) < 4.78 is 5.40. The lowest BCUT2D eigenvalue weighted by atomic mass is 9.94. The van der Waals surface area contributed by atoms with Gasteiger partial charge in [0.1, 0.15) is 16.5 Å². The molecule has 148 valence electrons. The largest absolute Gasteiger partial charge is 0.388 e. The highest BCUT2D eigenvalue weighted by Gasteiger charge is 2.30. The van der Waals surface area contributed by atoms with Gasteiger partial charge >= 0.3 is 0 Å². The fraction of sp³-hybridized carbons (Fsp3) is 0.429. The molecule has 0 radical (unpaired) electrons. The molecule has 1 saturated heterocycles. The SMILES string of the molecule is CN(C)Cc1nc(NCC2(O)CCOCC2)c2c(-c3ccccc3)csc2n1. The zero-order valence-corrected chi connectivity index (χ0v) is 17.1. The second-order valence-corrected chi connectivity index (χ2v) is 8.47. The third-order valence-corrected chi connectivity index (χ3v) is 5.90. The van der Waals surface area contributed by atoms with Crippen molar-refractivity contribution in [1.29, 1.82) is 0 Å². The van der Waals surface area contributed by atoms with Crippen LogP contribution >= 0.6 is 11.3 Å². The predicted molar refractivity (Wildman–Crippen MR) is 114 cm³/mol. The fourth-order valence-corrected chi connectivity index (χ4v) is 4.44. The minimum absolute atomic E-state index is 0.452. The molecule has 2 aromatic heterocycles. The molecule has 1 fully saturated rings. The van der Waals surface area contributed by atoms with Gasteiger partial charge in [-0.15, -0.1) is 11.3 Å². The van der Waals surface area contributed by atoms with Gasteiger partial charge in [-0.2, -0.15) is 0 Å². The summed E-state index contributed by atoms with van der Waals surface area (Å²) in [5.74, 6) is 1.57. The normalized spacial score (nSPS) is 16.6. The lowest BCUT2D eigenvalue weighted by Crippen LogP contribution is -2.42. The van der Waals surface area contributed by atoms with E-state index in [2.05, 4.69) is 27.7 Å². The topological polar surface area (TPSA) is 70.5 Å². The molecular weight excluding hydrogens is 372 g/mol. The van der Waals surface area contributed by atoms with Crippen molar-refractivity contribution in [3.8, 4) is 11.1 Å². The molecule has 0 atom stereocenters. The smallest absolute Gasteiger partial charge is 0.146 e. The number of hydrogen-bond donors (Lipinski definition) is 2. The van der Waals surface area contributed by atoms with E-state index in [1.165, 1.54) is 0 Å². The van der Waals surface area contributed by atoms with Gasteiger partial charge in [-0.3, -0.25) is 0 Å². The molecule has 0 bridgehead atoms. The first-order valence-corrected chi connectivity index (χ1v) is 10.4. The van der Waals surface area contributed by atoms with Gasteiger partial charge in [0, 0.05) is 43.5 Å². The summed E-state index contributed by atoms with van der Waals surface area (Å²) in [4.78, 5) is 12.6. The van der Waals surface area contributed by atoms with Crippen LogP contribution in [0.1, 0.15) is 18.7 Å². The third-order valence-electron chi connectivity index (χ3n) is 5.03. The second kappa shape index (κ2) is 8.13. The molecule has 3 aromatic rings. The molecule has 0 saturated carbocycles. The van der Waals surface area contributed by atoms with E-state index in [0.717, 1.165) is 33.0 Å². The Morgan fingerprint density at radius 1 is 1.18 bits per heavy atom. The molecule has 6 nitrogen and oxygen atoms in total. The number of anilines is 1. The van der Waals surface area contributed by atoms with E-state index in [4.69, 9.17) is 14.7 Å². The van der Waals surface area contributed by atoms with E-state index in [1.807, 2.05) is 32.3 Å². The maximum absolute atomic E-state index is 10.9. The summed E-state index contributed by atoms with van der Waals surface area (Å²) in [5, 5.41) is 17.5. The molecule has 1 aromatic carbocycles. The van der Waals surface area contributed by atoms with Gasteiger partial charge in [0.2, 0.25) is 0 Å². The molecule has 3 heterocycles. The highest BCUT2D eigenvalue weighted by molar-refractivity contribution is 7.17. The van der Waals surface area contributed by atoms with Crippen molar-refractivity contribution in [2.45, 2.75) is 25.0 Å². The number of nitrogens with zero attached hydrogens (tertiary/aromatic N) is 3. The van der Waals surface area contributed by atoms with Gasteiger partial charge in [-0.1, -0.05) is 30.3 Å². The molecule has 0 spiro atoms. The van der Waals surface area contributed by atoms with Gasteiger partial charge in [0.15, 0.2) is 0 Å². The summed E-state index contributed by atoms with van der Waals surface area (Å²) in [6.07, 6.45) is 1.27. The summed E-state index contributed by atoms with van der Waals surface area (Å²) in [7, 11) is 4.02. The minimum Gasteiger partial charge on any atom is -0.388 e. The zero-order chi connectivity index (χ0) is 19.6. The maximum atomic E-state index is 10.9. The van der Waals surface area contributed by atoms with Crippen molar-refractivity contribution in [3.63, 3.8) is 0 Å². The number of hydrogen-bond acceptors (Lipinski definition) is 7. The standard InChI is InChI=1S/C21H26N4O2S/c1-25(2)12-17-23-19(22-14-21(26)8-10-27-11-9-21)18-16(13-28-20(18)24-17)15-6-4-3-5-7-15/h3-7,13,26H,8-12,14H2,1-2H3,(H,22,23,24). The molecule has 28 heavy (non-hydrogen) atoms. The van der Waals surface area contributed by atoms with Gasteiger partial charge in [0.05, 0.1) is 17.5 Å². The summed E-state index contributed by atoms with van der Waals surface area (Å²) in [6.45, 7) is 2.31. The van der Waals surface area contributed by atoms with Crippen LogP contribution in [0.5, 0.6) is 0 Å². The van der Waals surface area contributed by atoms with Crippen LogP contribution in [-0.4, -0.2) is 59.4 Å². The molecule has 0 unspecified atom stereocenters. The van der Waals surface area contributed by atoms with E-state index < -0.39 is 5.60 Å². The van der Waals surface area contributed by atoms with Crippen molar-refractivity contribution >= 4 is 27.4 Å². The first kappa shape index (κ1) is 19.3. The van der Waals surface area contributed by atoms with Gasteiger partial charge < -0.3 is 20.1 Å². The van der Waals surface area contributed by atoms with Crippen molar-refractivity contribution in [1.82, 2.24) is 14.9 Å². The summed E-state index contributed by atoms with van der Waals surface area (Å²) in [6, 6.07) is 10.3. The number of aliphatic hydroxyl groups is 1. The number of thiophene rings is 1. The minimum atomic E-state index is -0.764. The van der Waals surface area contributed by atoms with E-state index >= 15 is 0 Å². The Kier molecular flexibility index (Phi) is 5.59. The van der Waals surface area contributed by atoms with Crippen LogP contribution in [0.25, 0.3) is 21.3 Å². The van der Waals surface area contributed by atoms with Crippen LogP contribution < -0.4 is 5.32 Å². The lowest BCUT2D eigenvalue weighted by molar-refractivity contribution is -0.0543. The lowest BCUT2D eigenvalue weighted by Gasteiger charge is -2.32. The average molecular weight is 399 g/mol. The third kappa shape index (κ3) is 4.17. The predicted octanol–water partition coefficient (Wildman–Crippen LogP) is 3.37.